The van der Waals surface area contributed by atoms with E-state index in [1.807, 2.05) is 25.1 Å². The molecule has 1 aromatic carbocycles. The van der Waals surface area contributed by atoms with Gasteiger partial charge in [-0.3, -0.25) is 4.79 Å². The van der Waals surface area contributed by atoms with Gasteiger partial charge >= 0.3 is 6.09 Å². The molecule has 2 aromatic rings. The second kappa shape index (κ2) is 9.28. The Morgan fingerprint density at radius 2 is 1.97 bits per heavy atom. The number of anilines is 1. The van der Waals surface area contributed by atoms with Gasteiger partial charge in [0.2, 0.25) is 5.91 Å². The van der Waals surface area contributed by atoms with Crippen LogP contribution in [0.3, 0.4) is 0 Å². The monoisotopic (exact) mass is 413 g/mol. The SMILES string of the molecule is Cc1ccc(-c2nnc3n2CCCCC3)cc1NC(=O)CCNC(=O)OC(C)(C)C. The lowest BCUT2D eigenvalue weighted by atomic mass is 10.1. The van der Waals surface area contributed by atoms with Crippen LogP contribution in [0.4, 0.5) is 10.5 Å². The number of rotatable bonds is 5. The molecule has 2 heterocycles. The number of amides is 2. The maximum Gasteiger partial charge on any atom is 0.407 e. The van der Waals surface area contributed by atoms with Crippen LogP contribution in [0.2, 0.25) is 0 Å². The highest BCUT2D eigenvalue weighted by Crippen LogP contribution is 2.27. The van der Waals surface area contributed by atoms with Crippen LogP contribution in [0, 0.1) is 6.92 Å². The van der Waals surface area contributed by atoms with Gasteiger partial charge < -0.3 is 19.9 Å². The van der Waals surface area contributed by atoms with E-state index in [-0.39, 0.29) is 18.9 Å². The summed E-state index contributed by atoms with van der Waals surface area (Å²) in [6.45, 7) is 8.46. The number of nitrogens with zero attached hydrogens (tertiary/aromatic N) is 3. The van der Waals surface area contributed by atoms with Gasteiger partial charge in [0.15, 0.2) is 5.82 Å². The molecule has 2 N–H and O–H groups in total. The molecule has 0 bridgehead atoms. The fourth-order valence-corrected chi connectivity index (χ4v) is 3.40. The first-order chi connectivity index (χ1) is 14.2. The third-order valence-electron chi connectivity index (χ3n) is 4.90. The Kier molecular flexibility index (Phi) is 6.74. The quantitative estimate of drug-likeness (QED) is 0.776. The zero-order chi connectivity index (χ0) is 21.7. The lowest BCUT2D eigenvalue weighted by Gasteiger charge is -2.19. The summed E-state index contributed by atoms with van der Waals surface area (Å²) in [6, 6.07) is 5.93. The van der Waals surface area contributed by atoms with Gasteiger partial charge in [0.25, 0.3) is 0 Å². The van der Waals surface area contributed by atoms with E-state index in [2.05, 4.69) is 25.4 Å². The first-order valence-corrected chi connectivity index (χ1v) is 10.5. The molecule has 8 heteroatoms. The largest absolute Gasteiger partial charge is 0.444 e. The molecular formula is C22H31N5O3. The van der Waals surface area contributed by atoms with E-state index in [9.17, 15) is 9.59 Å². The van der Waals surface area contributed by atoms with Crippen LogP contribution in [-0.2, 0) is 22.5 Å². The van der Waals surface area contributed by atoms with E-state index in [4.69, 9.17) is 4.74 Å². The Bertz CT molecular complexity index is 914. The predicted molar refractivity (Wildman–Crippen MR) is 115 cm³/mol. The van der Waals surface area contributed by atoms with Crippen molar-refractivity contribution in [2.45, 2.75) is 71.9 Å². The van der Waals surface area contributed by atoms with Crippen LogP contribution in [0.15, 0.2) is 18.2 Å². The van der Waals surface area contributed by atoms with Gasteiger partial charge in [0, 0.05) is 37.2 Å². The van der Waals surface area contributed by atoms with Crippen molar-refractivity contribution >= 4 is 17.7 Å². The van der Waals surface area contributed by atoms with E-state index in [0.29, 0.717) is 0 Å². The minimum absolute atomic E-state index is 0.156. The second-order valence-corrected chi connectivity index (χ2v) is 8.66. The number of hydrogen-bond acceptors (Lipinski definition) is 5. The number of nitrogens with one attached hydrogen (secondary N) is 2. The Labute approximate surface area is 177 Å². The van der Waals surface area contributed by atoms with Gasteiger partial charge in [-0.1, -0.05) is 18.6 Å². The average molecular weight is 414 g/mol. The van der Waals surface area contributed by atoms with E-state index >= 15 is 0 Å². The summed E-state index contributed by atoms with van der Waals surface area (Å²) in [7, 11) is 0. The van der Waals surface area contributed by atoms with E-state index in [1.54, 1.807) is 20.8 Å². The molecule has 1 aliphatic rings. The lowest BCUT2D eigenvalue weighted by Crippen LogP contribution is -2.34. The molecule has 0 fully saturated rings. The molecule has 1 aliphatic heterocycles. The van der Waals surface area contributed by atoms with Gasteiger partial charge in [-0.25, -0.2) is 4.79 Å². The van der Waals surface area contributed by atoms with Gasteiger partial charge in [-0.05, 0) is 52.2 Å². The van der Waals surface area contributed by atoms with Crippen molar-refractivity contribution < 1.29 is 14.3 Å². The molecule has 0 unspecified atom stereocenters. The minimum atomic E-state index is -0.566. The summed E-state index contributed by atoms with van der Waals surface area (Å²) >= 11 is 0. The van der Waals surface area contributed by atoms with Crippen molar-refractivity contribution in [2.24, 2.45) is 0 Å². The van der Waals surface area contributed by atoms with Gasteiger partial charge in [-0.15, -0.1) is 10.2 Å². The molecule has 0 saturated heterocycles. The summed E-state index contributed by atoms with van der Waals surface area (Å²) in [5, 5.41) is 14.3. The Morgan fingerprint density at radius 1 is 1.17 bits per heavy atom. The van der Waals surface area contributed by atoms with Crippen LogP contribution in [0.25, 0.3) is 11.4 Å². The molecule has 0 atom stereocenters. The maximum atomic E-state index is 12.4. The van der Waals surface area contributed by atoms with Gasteiger partial charge in [0.05, 0.1) is 0 Å². The summed E-state index contributed by atoms with van der Waals surface area (Å²) in [5.41, 5.74) is 2.07. The van der Waals surface area contributed by atoms with E-state index in [1.165, 1.54) is 6.42 Å². The van der Waals surface area contributed by atoms with Crippen molar-refractivity contribution in [1.82, 2.24) is 20.1 Å². The normalized spacial score (nSPS) is 13.9. The highest BCUT2D eigenvalue weighted by molar-refractivity contribution is 5.92. The third kappa shape index (κ3) is 5.81. The smallest absolute Gasteiger partial charge is 0.407 e. The van der Waals surface area contributed by atoms with Crippen LogP contribution in [-0.4, -0.2) is 38.9 Å². The number of carbonyl (C=O) groups is 2. The zero-order valence-corrected chi connectivity index (χ0v) is 18.2. The molecule has 0 radical (unpaired) electrons. The molecule has 3 rings (SSSR count). The predicted octanol–water partition coefficient (Wildman–Crippen LogP) is 3.83. The molecule has 162 valence electrons. The standard InChI is InChI=1S/C22H31N5O3/c1-15-9-10-16(20-26-25-18-8-6-5-7-13-27(18)20)14-17(15)24-19(28)11-12-23-21(29)30-22(2,3)4/h9-10,14H,5-8,11-13H2,1-4H3,(H,23,29)(H,24,28). The number of carbonyl (C=O) groups excluding carboxylic acids is 2. The fourth-order valence-electron chi connectivity index (χ4n) is 3.40. The maximum absolute atomic E-state index is 12.4. The van der Waals surface area contributed by atoms with Crippen LogP contribution in [0.5, 0.6) is 0 Å². The van der Waals surface area contributed by atoms with Crippen molar-refractivity contribution in [3.63, 3.8) is 0 Å². The van der Waals surface area contributed by atoms with E-state index in [0.717, 1.165) is 54.3 Å². The summed E-state index contributed by atoms with van der Waals surface area (Å²) in [4.78, 5) is 24.1. The summed E-state index contributed by atoms with van der Waals surface area (Å²) in [5.74, 6) is 1.70. The Balaban J connectivity index is 1.63. The van der Waals surface area contributed by atoms with Crippen molar-refractivity contribution in [3.8, 4) is 11.4 Å². The summed E-state index contributed by atoms with van der Waals surface area (Å²) in [6.07, 6.45) is 4.05. The first kappa shape index (κ1) is 21.8. The number of aryl methyl sites for hydroxylation is 2. The topological polar surface area (TPSA) is 98.1 Å². The highest BCUT2D eigenvalue weighted by Gasteiger charge is 2.18. The number of ether oxygens (including phenoxy) is 1. The van der Waals surface area contributed by atoms with Gasteiger partial charge in [-0.2, -0.15) is 0 Å². The van der Waals surface area contributed by atoms with Gasteiger partial charge in [0.1, 0.15) is 11.4 Å². The molecule has 30 heavy (non-hydrogen) atoms. The number of benzene rings is 1. The van der Waals surface area contributed by atoms with Crippen LogP contribution < -0.4 is 10.6 Å². The molecular weight excluding hydrogens is 382 g/mol. The van der Waals surface area contributed by atoms with Crippen LogP contribution in [0.1, 0.15) is 57.8 Å². The molecule has 2 amide bonds. The first-order valence-electron chi connectivity index (χ1n) is 10.5. The zero-order valence-electron chi connectivity index (χ0n) is 18.2. The molecule has 0 spiro atoms. The third-order valence-corrected chi connectivity index (χ3v) is 4.90. The number of alkyl carbamates (subject to hydrolysis) is 1. The average Bonchev–Trinajstić information content (AvgIpc) is 2.90. The fraction of sp³-hybridized carbons (Fsp3) is 0.545. The van der Waals surface area contributed by atoms with Crippen molar-refractivity contribution in [1.29, 1.82) is 0 Å². The minimum Gasteiger partial charge on any atom is -0.444 e. The summed E-state index contributed by atoms with van der Waals surface area (Å²) < 4.78 is 7.36. The second-order valence-electron chi connectivity index (χ2n) is 8.66. The molecule has 0 saturated carbocycles. The molecule has 8 nitrogen and oxygen atoms in total. The number of fused-ring (bicyclic) bond motifs is 1. The Hall–Kier alpha value is -2.90. The Morgan fingerprint density at radius 3 is 2.73 bits per heavy atom. The van der Waals surface area contributed by atoms with E-state index < -0.39 is 11.7 Å². The van der Waals surface area contributed by atoms with Crippen LogP contribution >= 0.6 is 0 Å². The molecule has 0 aliphatic carbocycles. The number of aromatic nitrogens is 3. The highest BCUT2D eigenvalue weighted by atomic mass is 16.6. The number of hydrogen-bond donors (Lipinski definition) is 2. The molecule has 1 aromatic heterocycles. The van der Waals surface area contributed by atoms with Crippen molar-refractivity contribution in [2.75, 3.05) is 11.9 Å². The lowest BCUT2D eigenvalue weighted by molar-refractivity contribution is -0.116. The van der Waals surface area contributed by atoms with Crippen molar-refractivity contribution in [3.05, 3.63) is 29.6 Å².